The molecule has 0 aliphatic rings. The molecule has 7 nitrogen and oxygen atoms in total. The maximum Gasteiger partial charge on any atom is 0.337 e. The predicted octanol–water partition coefficient (Wildman–Crippen LogP) is -0.0485. The van der Waals surface area contributed by atoms with Crippen molar-refractivity contribution in [1.82, 2.24) is 5.32 Å². The molecule has 0 spiro atoms. The summed E-state index contributed by atoms with van der Waals surface area (Å²) in [5.41, 5.74) is 7.92. The van der Waals surface area contributed by atoms with Crippen LogP contribution in [0.3, 0.4) is 0 Å². The Morgan fingerprint density at radius 2 is 2.62 bits per heavy atom. The van der Waals surface area contributed by atoms with E-state index >= 15 is 0 Å². The molecule has 0 amide bonds. The molecular formula is C6H9N5O2. The Balaban J connectivity index is 3.80. The fourth-order valence-corrected chi connectivity index (χ4v) is 0.603. The van der Waals surface area contributed by atoms with Crippen molar-refractivity contribution in [2.75, 3.05) is 20.2 Å². The molecule has 0 aromatic heterocycles. The summed E-state index contributed by atoms with van der Waals surface area (Å²) in [5.74, 6) is -0.650. The molecule has 70 valence electrons. The Labute approximate surface area is 74.9 Å². The molecule has 1 unspecified atom stereocenters. The van der Waals surface area contributed by atoms with E-state index in [-0.39, 0.29) is 13.1 Å². The molecule has 1 N–H and O–H groups in total. The molecule has 0 fully saturated rings. The summed E-state index contributed by atoms with van der Waals surface area (Å²) in [6.45, 7) is 0.447. The van der Waals surface area contributed by atoms with Crippen LogP contribution in [0.1, 0.15) is 0 Å². The van der Waals surface area contributed by atoms with Gasteiger partial charge in [-0.3, -0.25) is 5.32 Å². The lowest BCUT2D eigenvalue weighted by molar-refractivity contribution is -0.141. The molecule has 0 saturated heterocycles. The van der Waals surface area contributed by atoms with Crippen molar-refractivity contribution in [3.05, 3.63) is 10.4 Å². The van der Waals surface area contributed by atoms with E-state index in [1.54, 1.807) is 6.07 Å². The van der Waals surface area contributed by atoms with E-state index in [4.69, 9.17) is 10.8 Å². The highest BCUT2D eigenvalue weighted by Gasteiger charge is 2.16. The smallest absolute Gasteiger partial charge is 0.337 e. The Hall–Kier alpha value is -1.77. The summed E-state index contributed by atoms with van der Waals surface area (Å²) < 4.78 is 4.33. The average molecular weight is 183 g/mol. The van der Waals surface area contributed by atoms with Crippen molar-refractivity contribution in [3.8, 4) is 6.07 Å². The molecule has 0 aromatic rings. The van der Waals surface area contributed by atoms with Crippen LogP contribution >= 0.6 is 0 Å². The van der Waals surface area contributed by atoms with Crippen LogP contribution in [0, 0.1) is 11.3 Å². The van der Waals surface area contributed by atoms with Crippen molar-refractivity contribution in [2.45, 2.75) is 6.04 Å². The number of ether oxygens (including phenoxy) is 1. The SMILES string of the molecule is COC(=O)C(C#N)NCCN=[N+]=[N-]. The highest BCUT2D eigenvalue weighted by Crippen LogP contribution is 1.84. The topological polar surface area (TPSA) is 111 Å². The Morgan fingerprint density at radius 1 is 1.92 bits per heavy atom. The fourth-order valence-electron chi connectivity index (χ4n) is 0.603. The molecule has 0 heterocycles. The summed E-state index contributed by atoms with van der Waals surface area (Å²) in [5, 5.41) is 14.2. The van der Waals surface area contributed by atoms with E-state index in [1.165, 1.54) is 7.11 Å². The molecule has 0 aliphatic carbocycles. The number of methoxy groups -OCH3 is 1. The average Bonchev–Trinajstić information content (AvgIpc) is 2.17. The van der Waals surface area contributed by atoms with E-state index in [0.717, 1.165) is 0 Å². The molecule has 7 heteroatoms. The van der Waals surface area contributed by atoms with E-state index < -0.39 is 12.0 Å². The van der Waals surface area contributed by atoms with Gasteiger partial charge in [-0.2, -0.15) is 5.26 Å². The minimum Gasteiger partial charge on any atom is -0.467 e. The van der Waals surface area contributed by atoms with Crippen molar-refractivity contribution < 1.29 is 9.53 Å². The molecule has 1 atom stereocenters. The minimum absolute atomic E-state index is 0.186. The number of esters is 1. The second kappa shape index (κ2) is 6.91. The molecule has 0 radical (unpaired) electrons. The van der Waals surface area contributed by atoms with Crippen LogP contribution in [-0.4, -0.2) is 32.2 Å². The number of carbonyl (C=O) groups excluding carboxylic acids is 1. The van der Waals surface area contributed by atoms with Gasteiger partial charge in [0.25, 0.3) is 0 Å². The lowest BCUT2D eigenvalue weighted by Crippen LogP contribution is -2.37. The van der Waals surface area contributed by atoms with Gasteiger partial charge in [0.15, 0.2) is 6.04 Å². The van der Waals surface area contributed by atoms with Gasteiger partial charge in [-0.15, -0.1) is 0 Å². The van der Waals surface area contributed by atoms with Crippen LogP contribution in [-0.2, 0) is 9.53 Å². The molecular weight excluding hydrogens is 174 g/mol. The first-order valence-corrected chi connectivity index (χ1v) is 3.48. The lowest BCUT2D eigenvalue weighted by Gasteiger charge is -2.06. The van der Waals surface area contributed by atoms with Gasteiger partial charge in [0.2, 0.25) is 0 Å². The third-order valence-electron chi connectivity index (χ3n) is 1.19. The third kappa shape index (κ3) is 4.63. The second-order valence-corrected chi connectivity index (χ2v) is 1.99. The van der Waals surface area contributed by atoms with Gasteiger partial charge >= 0.3 is 5.97 Å². The second-order valence-electron chi connectivity index (χ2n) is 1.99. The van der Waals surface area contributed by atoms with Crippen LogP contribution in [0.4, 0.5) is 0 Å². The van der Waals surface area contributed by atoms with Gasteiger partial charge in [-0.1, -0.05) is 5.11 Å². The van der Waals surface area contributed by atoms with Crippen molar-refractivity contribution in [3.63, 3.8) is 0 Å². The summed E-state index contributed by atoms with van der Waals surface area (Å²) in [6, 6.07) is 0.708. The summed E-state index contributed by atoms with van der Waals surface area (Å²) in [4.78, 5) is 13.3. The number of rotatable bonds is 5. The number of hydrogen-bond donors (Lipinski definition) is 1. The first-order chi connectivity index (χ1) is 6.26. The van der Waals surface area contributed by atoms with Crippen LogP contribution < -0.4 is 5.32 Å². The van der Waals surface area contributed by atoms with Gasteiger partial charge < -0.3 is 4.74 Å². The van der Waals surface area contributed by atoms with Crippen LogP contribution in [0.25, 0.3) is 10.4 Å². The van der Waals surface area contributed by atoms with Gasteiger partial charge in [0, 0.05) is 18.0 Å². The molecule has 0 rings (SSSR count). The number of hydrogen-bond acceptors (Lipinski definition) is 5. The van der Waals surface area contributed by atoms with Gasteiger partial charge in [0.05, 0.1) is 13.2 Å². The first kappa shape index (κ1) is 11.2. The predicted molar refractivity (Wildman–Crippen MR) is 43.4 cm³/mol. The zero-order valence-corrected chi connectivity index (χ0v) is 7.10. The number of carbonyl (C=O) groups is 1. The number of nitriles is 1. The molecule has 13 heavy (non-hydrogen) atoms. The quantitative estimate of drug-likeness (QED) is 0.212. The first-order valence-electron chi connectivity index (χ1n) is 3.48. The van der Waals surface area contributed by atoms with Gasteiger partial charge in [-0.05, 0) is 5.53 Å². The highest BCUT2D eigenvalue weighted by molar-refractivity contribution is 5.78. The number of azide groups is 1. The Kier molecular flexibility index (Phi) is 5.97. The van der Waals surface area contributed by atoms with Crippen LogP contribution in [0.2, 0.25) is 0 Å². The Bertz CT molecular complexity index is 252. The zero-order valence-electron chi connectivity index (χ0n) is 7.10. The normalized spacial score (nSPS) is 10.8. The van der Waals surface area contributed by atoms with Crippen molar-refractivity contribution in [2.24, 2.45) is 5.11 Å². The van der Waals surface area contributed by atoms with Gasteiger partial charge in [-0.25, -0.2) is 4.79 Å². The monoisotopic (exact) mass is 183 g/mol. The number of nitrogens with zero attached hydrogens (tertiary/aromatic N) is 4. The van der Waals surface area contributed by atoms with Crippen LogP contribution in [0.15, 0.2) is 5.11 Å². The standard InChI is InChI=1S/C6H9N5O2/c1-13-6(12)5(4-7)9-2-3-10-11-8/h5,9H,2-3H2,1H3. The van der Waals surface area contributed by atoms with Gasteiger partial charge in [0.1, 0.15) is 0 Å². The van der Waals surface area contributed by atoms with E-state index in [0.29, 0.717) is 0 Å². The van der Waals surface area contributed by atoms with E-state index in [2.05, 4.69) is 20.1 Å². The van der Waals surface area contributed by atoms with E-state index in [9.17, 15) is 4.79 Å². The molecule has 0 aliphatic heterocycles. The number of nitrogens with one attached hydrogen (secondary N) is 1. The summed E-state index contributed by atoms with van der Waals surface area (Å²) >= 11 is 0. The van der Waals surface area contributed by atoms with Crippen molar-refractivity contribution in [1.29, 1.82) is 5.26 Å². The van der Waals surface area contributed by atoms with Crippen molar-refractivity contribution >= 4 is 5.97 Å². The third-order valence-corrected chi connectivity index (χ3v) is 1.19. The maximum absolute atomic E-state index is 10.8. The minimum atomic E-state index is -1.00. The fraction of sp³-hybridized carbons (Fsp3) is 0.667. The van der Waals surface area contributed by atoms with E-state index in [1.807, 2.05) is 0 Å². The Morgan fingerprint density at radius 3 is 3.08 bits per heavy atom. The van der Waals surface area contributed by atoms with Crippen LogP contribution in [0.5, 0.6) is 0 Å². The zero-order chi connectivity index (χ0) is 10.1. The summed E-state index contributed by atoms with van der Waals surface area (Å²) in [7, 11) is 1.20. The molecule has 0 saturated carbocycles. The largest absolute Gasteiger partial charge is 0.467 e. The summed E-state index contributed by atoms with van der Waals surface area (Å²) in [6.07, 6.45) is 0. The molecule has 0 bridgehead atoms. The maximum atomic E-state index is 10.8. The highest BCUT2D eigenvalue weighted by atomic mass is 16.5. The molecule has 0 aromatic carbocycles. The lowest BCUT2D eigenvalue weighted by atomic mass is 10.3.